The first-order valence-corrected chi connectivity index (χ1v) is 7.19. The van der Waals surface area contributed by atoms with Gasteiger partial charge in [-0.2, -0.15) is 5.26 Å². The molecule has 0 aromatic heterocycles. The molecule has 4 heteroatoms. The summed E-state index contributed by atoms with van der Waals surface area (Å²) in [5.41, 5.74) is 1.42. The van der Waals surface area contributed by atoms with Crippen molar-refractivity contribution < 1.29 is 9.53 Å². The van der Waals surface area contributed by atoms with E-state index in [9.17, 15) is 4.79 Å². The molecule has 1 aromatic rings. The Morgan fingerprint density at radius 2 is 1.90 bits per heavy atom. The SMILES string of the molecule is CN(CCCC(=O)OC(C)(C)C)Cc1ccc(C#N)cc1. The van der Waals surface area contributed by atoms with Gasteiger partial charge in [0.1, 0.15) is 5.60 Å². The summed E-state index contributed by atoms with van der Waals surface area (Å²) in [7, 11) is 2.02. The number of carbonyl (C=O) groups excluding carboxylic acids is 1. The van der Waals surface area contributed by atoms with Crippen molar-refractivity contribution in [1.29, 1.82) is 5.26 Å². The van der Waals surface area contributed by atoms with E-state index < -0.39 is 5.60 Å². The highest BCUT2D eigenvalue weighted by atomic mass is 16.6. The summed E-state index contributed by atoms with van der Waals surface area (Å²) < 4.78 is 5.28. The average molecular weight is 288 g/mol. The number of hydrogen-bond acceptors (Lipinski definition) is 4. The molecule has 0 spiro atoms. The molecular weight excluding hydrogens is 264 g/mol. The molecule has 0 aliphatic carbocycles. The third kappa shape index (κ3) is 7.48. The third-order valence-corrected chi connectivity index (χ3v) is 2.88. The first-order chi connectivity index (χ1) is 9.80. The third-order valence-electron chi connectivity index (χ3n) is 2.88. The van der Waals surface area contributed by atoms with Crippen molar-refractivity contribution in [2.45, 2.75) is 45.8 Å². The van der Waals surface area contributed by atoms with E-state index in [4.69, 9.17) is 10.00 Å². The van der Waals surface area contributed by atoms with E-state index in [-0.39, 0.29) is 5.97 Å². The Bertz CT molecular complexity index is 495. The van der Waals surface area contributed by atoms with Crippen LogP contribution in [0.25, 0.3) is 0 Å². The lowest BCUT2D eigenvalue weighted by molar-refractivity contribution is -0.154. The molecular formula is C17H24N2O2. The van der Waals surface area contributed by atoms with E-state index in [1.165, 1.54) is 0 Å². The van der Waals surface area contributed by atoms with Crippen LogP contribution in [0.1, 0.15) is 44.7 Å². The zero-order valence-electron chi connectivity index (χ0n) is 13.3. The van der Waals surface area contributed by atoms with Crippen molar-refractivity contribution in [1.82, 2.24) is 4.90 Å². The summed E-state index contributed by atoms with van der Waals surface area (Å²) in [6.07, 6.45) is 1.22. The van der Waals surface area contributed by atoms with Gasteiger partial charge in [0.15, 0.2) is 0 Å². The van der Waals surface area contributed by atoms with Crippen molar-refractivity contribution in [3.8, 4) is 6.07 Å². The quantitative estimate of drug-likeness (QED) is 0.755. The van der Waals surface area contributed by atoms with Gasteiger partial charge in [-0.05, 0) is 58.5 Å². The number of carbonyl (C=O) groups is 1. The molecule has 0 amide bonds. The number of benzene rings is 1. The fourth-order valence-corrected chi connectivity index (χ4v) is 1.96. The summed E-state index contributed by atoms with van der Waals surface area (Å²) >= 11 is 0. The van der Waals surface area contributed by atoms with E-state index in [2.05, 4.69) is 11.0 Å². The Labute approximate surface area is 127 Å². The molecule has 21 heavy (non-hydrogen) atoms. The Morgan fingerprint density at radius 3 is 2.43 bits per heavy atom. The van der Waals surface area contributed by atoms with Crippen molar-refractivity contribution in [2.24, 2.45) is 0 Å². The molecule has 0 aliphatic heterocycles. The molecule has 114 valence electrons. The van der Waals surface area contributed by atoms with Gasteiger partial charge in [0.05, 0.1) is 11.6 Å². The van der Waals surface area contributed by atoms with Crippen LogP contribution >= 0.6 is 0 Å². The molecule has 1 rings (SSSR count). The number of nitriles is 1. The molecule has 1 aromatic carbocycles. The highest BCUT2D eigenvalue weighted by Crippen LogP contribution is 2.10. The van der Waals surface area contributed by atoms with Gasteiger partial charge in [0.25, 0.3) is 0 Å². The van der Waals surface area contributed by atoms with Gasteiger partial charge in [0.2, 0.25) is 0 Å². The maximum absolute atomic E-state index is 11.6. The van der Waals surface area contributed by atoms with E-state index in [0.717, 1.165) is 25.1 Å². The highest BCUT2D eigenvalue weighted by Gasteiger charge is 2.15. The predicted octanol–water partition coefficient (Wildman–Crippen LogP) is 3.11. The lowest BCUT2D eigenvalue weighted by Gasteiger charge is -2.20. The zero-order chi connectivity index (χ0) is 15.9. The monoisotopic (exact) mass is 288 g/mol. The second kappa shape index (κ2) is 7.80. The molecule has 0 radical (unpaired) electrons. The molecule has 0 N–H and O–H groups in total. The van der Waals surface area contributed by atoms with Gasteiger partial charge in [-0.25, -0.2) is 0 Å². The summed E-state index contributed by atoms with van der Waals surface area (Å²) in [6, 6.07) is 9.68. The first-order valence-electron chi connectivity index (χ1n) is 7.19. The molecule has 0 unspecified atom stereocenters. The predicted molar refractivity (Wildman–Crippen MR) is 82.6 cm³/mol. The summed E-state index contributed by atoms with van der Waals surface area (Å²) in [5.74, 6) is -0.144. The minimum atomic E-state index is -0.411. The highest BCUT2D eigenvalue weighted by molar-refractivity contribution is 5.69. The molecule has 0 saturated carbocycles. The molecule has 0 bridgehead atoms. The number of hydrogen-bond donors (Lipinski definition) is 0. The van der Waals surface area contributed by atoms with Crippen LogP contribution in [0.2, 0.25) is 0 Å². The summed E-state index contributed by atoms with van der Waals surface area (Å²) in [6.45, 7) is 7.27. The molecule has 0 fully saturated rings. The number of ether oxygens (including phenoxy) is 1. The van der Waals surface area contributed by atoms with Crippen LogP contribution in [0.5, 0.6) is 0 Å². The smallest absolute Gasteiger partial charge is 0.306 e. The standard InChI is InChI=1S/C17H24N2O2/c1-17(2,3)21-16(20)6-5-11-19(4)13-15-9-7-14(12-18)8-10-15/h7-10H,5-6,11,13H2,1-4H3. The van der Waals surface area contributed by atoms with E-state index in [1.54, 1.807) is 0 Å². The molecule has 4 nitrogen and oxygen atoms in total. The second-order valence-electron chi connectivity index (χ2n) is 6.24. The van der Waals surface area contributed by atoms with Gasteiger partial charge in [-0.3, -0.25) is 4.79 Å². The van der Waals surface area contributed by atoms with Crippen LogP contribution in [0.4, 0.5) is 0 Å². The van der Waals surface area contributed by atoms with Crippen LogP contribution < -0.4 is 0 Å². The Hall–Kier alpha value is -1.86. The maximum atomic E-state index is 11.6. The zero-order valence-corrected chi connectivity index (χ0v) is 13.3. The fraction of sp³-hybridized carbons (Fsp3) is 0.529. The normalized spacial score (nSPS) is 11.2. The second-order valence-corrected chi connectivity index (χ2v) is 6.24. The average Bonchev–Trinajstić information content (AvgIpc) is 2.37. The molecule has 0 saturated heterocycles. The van der Waals surface area contributed by atoms with Gasteiger partial charge >= 0.3 is 5.97 Å². The lowest BCUT2D eigenvalue weighted by Crippen LogP contribution is -2.25. The molecule has 0 atom stereocenters. The minimum absolute atomic E-state index is 0.144. The maximum Gasteiger partial charge on any atom is 0.306 e. The first kappa shape index (κ1) is 17.2. The van der Waals surface area contributed by atoms with Gasteiger partial charge in [-0.15, -0.1) is 0 Å². The van der Waals surface area contributed by atoms with Crippen LogP contribution in [0.3, 0.4) is 0 Å². The van der Waals surface area contributed by atoms with Crippen LogP contribution in [-0.2, 0) is 16.1 Å². The van der Waals surface area contributed by atoms with Crippen LogP contribution in [-0.4, -0.2) is 30.1 Å². The largest absolute Gasteiger partial charge is 0.460 e. The van der Waals surface area contributed by atoms with Crippen LogP contribution in [0, 0.1) is 11.3 Å². The van der Waals surface area contributed by atoms with E-state index in [0.29, 0.717) is 12.0 Å². The molecule has 0 aliphatic rings. The Morgan fingerprint density at radius 1 is 1.29 bits per heavy atom. The minimum Gasteiger partial charge on any atom is -0.460 e. The van der Waals surface area contributed by atoms with Gasteiger partial charge in [-0.1, -0.05) is 12.1 Å². The van der Waals surface area contributed by atoms with Crippen molar-refractivity contribution in [2.75, 3.05) is 13.6 Å². The fourth-order valence-electron chi connectivity index (χ4n) is 1.96. The van der Waals surface area contributed by atoms with Crippen molar-refractivity contribution in [3.05, 3.63) is 35.4 Å². The van der Waals surface area contributed by atoms with Crippen molar-refractivity contribution >= 4 is 5.97 Å². The van der Waals surface area contributed by atoms with E-state index >= 15 is 0 Å². The molecule has 0 heterocycles. The topological polar surface area (TPSA) is 53.3 Å². The lowest BCUT2D eigenvalue weighted by atomic mass is 10.1. The Balaban J connectivity index is 2.29. The summed E-state index contributed by atoms with van der Waals surface area (Å²) in [5, 5.41) is 8.75. The van der Waals surface area contributed by atoms with Gasteiger partial charge in [0, 0.05) is 13.0 Å². The van der Waals surface area contributed by atoms with E-state index in [1.807, 2.05) is 52.1 Å². The van der Waals surface area contributed by atoms with Crippen molar-refractivity contribution in [3.63, 3.8) is 0 Å². The number of esters is 1. The number of rotatable bonds is 6. The van der Waals surface area contributed by atoms with Gasteiger partial charge < -0.3 is 9.64 Å². The summed E-state index contributed by atoms with van der Waals surface area (Å²) in [4.78, 5) is 13.8. The number of nitrogens with zero attached hydrogens (tertiary/aromatic N) is 2. The van der Waals surface area contributed by atoms with Crippen LogP contribution in [0.15, 0.2) is 24.3 Å². The Kier molecular flexibility index (Phi) is 6.39.